The predicted molar refractivity (Wildman–Crippen MR) is 94.7 cm³/mol. The van der Waals surface area contributed by atoms with Gasteiger partial charge in [-0.1, -0.05) is 6.07 Å². The Bertz CT molecular complexity index is 673. The second kappa shape index (κ2) is 9.02. The van der Waals surface area contributed by atoms with Crippen molar-refractivity contribution in [1.82, 2.24) is 9.88 Å². The Balaban J connectivity index is 2.02. The molecule has 0 bridgehead atoms. The number of nitrogens with one attached hydrogen (secondary N) is 1. The van der Waals surface area contributed by atoms with Crippen molar-refractivity contribution in [3.05, 3.63) is 41.4 Å². The maximum Gasteiger partial charge on any atom is 0.307 e. The number of nitrogens with zero attached hydrogens (tertiary/aromatic N) is 2. The quantitative estimate of drug-likeness (QED) is 0.742. The lowest BCUT2D eigenvalue weighted by Crippen LogP contribution is -2.33. The van der Waals surface area contributed by atoms with Crippen molar-refractivity contribution in [3.63, 3.8) is 0 Å². The molecule has 24 heavy (non-hydrogen) atoms. The smallest absolute Gasteiger partial charge is 0.307 e. The normalized spacial score (nSPS) is 10.2. The Labute approximate surface area is 145 Å². The number of benzene rings is 1. The molecular weight excluding hydrogens is 326 g/mol. The zero-order valence-corrected chi connectivity index (χ0v) is 14.6. The predicted octanol–water partition coefficient (Wildman–Crippen LogP) is 3.30. The third-order valence-electron chi connectivity index (χ3n) is 3.35. The van der Waals surface area contributed by atoms with Gasteiger partial charge >= 0.3 is 5.97 Å². The van der Waals surface area contributed by atoms with E-state index in [1.165, 1.54) is 11.3 Å². The summed E-state index contributed by atoms with van der Waals surface area (Å²) in [6, 6.07) is 7.26. The maximum absolute atomic E-state index is 12.6. The highest BCUT2D eigenvalue weighted by atomic mass is 32.1. The first kappa shape index (κ1) is 17.9. The van der Waals surface area contributed by atoms with Crippen LogP contribution in [0, 0.1) is 0 Å². The van der Waals surface area contributed by atoms with E-state index < -0.39 is 0 Å². The van der Waals surface area contributed by atoms with Gasteiger partial charge in [0, 0.05) is 35.9 Å². The highest BCUT2D eigenvalue weighted by Crippen LogP contribution is 2.20. The number of aromatic nitrogens is 1. The molecule has 1 heterocycles. The molecule has 0 radical (unpaired) electrons. The molecule has 1 aromatic heterocycles. The molecule has 1 aromatic carbocycles. The van der Waals surface area contributed by atoms with Gasteiger partial charge in [-0.3, -0.25) is 9.59 Å². The van der Waals surface area contributed by atoms with Gasteiger partial charge in [-0.15, -0.1) is 11.3 Å². The van der Waals surface area contributed by atoms with Crippen LogP contribution in [-0.2, 0) is 9.53 Å². The van der Waals surface area contributed by atoms with Crippen LogP contribution in [0.3, 0.4) is 0 Å². The van der Waals surface area contributed by atoms with Crippen LogP contribution >= 0.6 is 11.3 Å². The molecule has 0 aliphatic rings. The summed E-state index contributed by atoms with van der Waals surface area (Å²) in [4.78, 5) is 29.9. The molecule has 2 rings (SSSR count). The molecule has 1 N–H and O–H groups in total. The summed E-state index contributed by atoms with van der Waals surface area (Å²) in [7, 11) is 0. The fraction of sp³-hybridized carbons (Fsp3) is 0.353. The van der Waals surface area contributed by atoms with E-state index in [0.29, 0.717) is 25.3 Å². The summed E-state index contributed by atoms with van der Waals surface area (Å²) in [5.74, 6) is -0.396. The van der Waals surface area contributed by atoms with Gasteiger partial charge in [0.15, 0.2) is 5.13 Å². The molecule has 0 aliphatic carbocycles. The Kier molecular flexibility index (Phi) is 6.74. The fourth-order valence-corrected chi connectivity index (χ4v) is 2.73. The average Bonchev–Trinajstić information content (AvgIpc) is 3.08. The van der Waals surface area contributed by atoms with E-state index >= 15 is 0 Å². The number of ether oxygens (including phenoxy) is 1. The zero-order valence-electron chi connectivity index (χ0n) is 13.8. The second-order valence-corrected chi connectivity index (χ2v) is 5.88. The van der Waals surface area contributed by atoms with E-state index in [0.717, 1.165) is 10.8 Å². The molecular formula is C17H21N3O3S. The van der Waals surface area contributed by atoms with Crippen molar-refractivity contribution >= 4 is 34.0 Å². The van der Waals surface area contributed by atoms with Gasteiger partial charge < -0.3 is 15.0 Å². The number of hydrogen-bond donors (Lipinski definition) is 1. The van der Waals surface area contributed by atoms with Crippen LogP contribution in [0.4, 0.5) is 10.8 Å². The molecule has 0 atom stereocenters. The summed E-state index contributed by atoms with van der Waals surface area (Å²) >= 11 is 1.49. The van der Waals surface area contributed by atoms with E-state index in [-0.39, 0.29) is 18.3 Å². The third-order valence-corrected chi connectivity index (χ3v) is 4.04. The van der Waals surface area contributed by atoms with Gasteiger partial charge in [0.2, 0.25) is 0 Å². The van der Waals surface area contributed by atoms with E-state index in [9.17, 15) is 9.59 Å². The standard InChI is InChI=1S/C17H21N3O3S/c1-3-20(10-8-15(21)23-4-2)16(22)13-6-5-7-14(12-13)19-17-18-9-11-24-17/h5-7,9,11-12H,3-4,8,10H2,1-2H3,(H,18,19). The number of amides is 1. The van der Waals surface area contributed by atoms with Crippen molar-refractivity contribution in [2.75, 3.05) is 25.0 Å². The lowest BCUT2D eigenvalue weighted by atomic mass is 10.1. The van der Waals surface area contributed by atoms with E-state index in [1.54, 1.807) is 30.2 Å². The van der Waals surface area contributed by atoms with E-state index in [1.807, 2.05) is 24.4 Å². The summed E-state index contributed by atoms with van der Waals surface area (Å²) < 4.78 is 4.91. The lowest BCUT2D eigenvalue weighted by Gasteiger charge is -2.20. The number of thiazole rings is 1. The molecule has 0 unspecified atom stereocenters. The zero-order chi connectivity index (χ0) is 17.4. The van der Waals surface area contributed by atoms with Crippen LogP contribution in [0.5, 0.6) is 0 Å². The van der Waals surface area contributed by atoms with Gasteiger partial charge in [-0.25, -0.2) is 4.98 Å². The highest BCUT2D eigenvalue weighted by Gasteiger charge is 2.16. The van der Waals surface area contributed by atoms with Crippen LogP contribution in [0.2, 0.25) is 0 Å². The molecule has 0 saturated carbocycles. The summed E-state index contributed by atoms with van der Waals surface area (Å²) in [6.45, 7) is 4.88. The van der Waals surface area contributed by atoms with Crippen molar-refractivity contribution in [2.45, 2.75) is 20.3 Å². The molecule has 0 fully saturated rings. The number of carbonyl (C=O) groups is 2. The highest BCUT2D eigenvalue weighted by molar-refractivity contribution is 7.13. The molecule has 6 nitrogen and oxygen atoms in total. The molecule has 2 aromatic rings. The summed E-state index contributed by atoms with van der Waals surface area (Å²) in [5.41, 5.74) is 1.37. The minimum Gasteiger partial charge on any atom is -0.466 e. The van der Waals surface area contributed by atoms with Crippen LogP contribution in [0.25, 0.3) is 0 Å². The Morgan fingerprint density at radius 3 is 2.83 bits per heavy atom. The second-order valence-electron chi connectivity index (χ2n) is 4.98. The molecule has 128 valence electrons. The maximum atomic E-state index is 12.6. The van der Waals surface area contributed by atoms with Gasteiger partial charge in [0.05, 0.1) is 13.0 Å². The van der Waals surface area contributed by atoms with Crippen molar-refractivity contribution < 1.29 is 14.3 Å². The lowest BCUT2D eigenvalue weighted by molar-refractivity contribution is -0.143. The molecule has 1 amide bonds. The Hall–Kier alpha value is -2.41. The molecule has 0 spiro atoms. The van der Waals surface area contributed by atoms with Crippen LogP contribution < -0.4 is 5.32 Å². The first-order valence-electron chi connectivity index (χ1n) is 7.85. The molecule has 0 saturated heterocycles. The fourth-order valence-electron chi connectivity index (χ4n) is 2.18. The molecule has 0 aliphatic heterocycles. The summed E-state index contributed by atoms with van der Waals surface area (Å²) in [5, 5.41) is 5.82. The van der Waals surface area contributed by atoms with Gasteiger partial charge in [-0.05, 0) is 32.0 Å². The number of esters is 1. The minimum atomic E-state index is -0.289. The first-order chi connectivity index (χ1) is 11.6. The topological polar surface area (TPSA) is 71.5 Å². The SMILES string of the molecule is CCOC(=O)CCN(CC)C(=O)c1cccc(Nc2nccs2)c1. The van der Waals surface area contributed by atoms with Crippen LogP contribution in [0.15, 0.2) is 35.8 Å². The van der Waals surface area contributed by atoms with Gasteiger partial charge in [-0.2, -0.15) is 0 Å². The van der Waals surface area contributed by atoms with Gasteiger partial charge in [0.25, 0.3) is 5.91 Å². The van der Waals surface area contributed by atoms with Crippen molar-refractivity contribution in [3.8, 4) is 0 Å². The largest absolute Gasteiger partial charge is 0.466 e. The average molecular weight is 347 g/mol. The Morgan fingerprint density at radius 1 is 1.33 bits per heavy atom. The van der Waals surface area contributed by atoms with Gasteiger partial charge in [0.1, 0.15) is 0 Å². The monoisotopic (exact) mass is 347 g/mol. The van der Waals surface area contributed by atoms with Crippen molar-refractivity contribution in [1.29, 1.82) is 0 Å². The third kappa shape index (κ3) is 5.06. The minimum absolute atomic E-state index is 0.107. The molecule has 7 heteroatoms. The number of carbonyl (C=O) groups excluding carboxylic acids is 2. The van der Waals surface area contributed by atoms with E-state index in [4.69, 9.17) is 4.74 Å². The number of hydrogen-bond acceptors (Lipinski definition) is 6. The summed E-state index contributed by atoms with van der Waals surface area (Å²) in [6.07, 6.45) is 1.92. The Morgan fingerprint density at radius 2 is 2.17 bits per heavy atom. The van der Waals surface area contributed by atoms with E-state index in [2.05, 4.69) is 10.3 Å². The van der Waals surface area contributed by atoms with Crippen molar-refractivity contribution in [2.24, 2.45) is 0 Å². The van der Waals surface area contributed by atoms with Crippen LogP contribution in [0.1, 0.15) is 30.6 Å². The number of anilines is 2. The number of rotatable bonds is 8. The first-order valence-corrected chi connectivity index (χ1v) is 8.73. The van der Waals surface area contributed by atoms with Crippen LogP contribution in [-0.4, -0.2) is 41.5 Å².